The minimum absolute atomic E-state index is 0.386. The molecular weight excluding hydrogens is 237 g/mol. The Morgan fingerprint density at radius 1 is 1.61 bits per heavy atom. The van der Waals surface area contributed by atoms with Crippen LogP contribution in [0.4, 0.5) is 10.1 Å². The summed E-state index contributed by atoms with van der Waals surface area (Å²) in [4.78, 5) is 12.1. The summed E-state index contributed by atoms with van der Waals surface area (Å²) in [5.74, 6) is -0.764. The van der Waals surface area contributed by atoms with E-state index in [9.17, 15) is 14.5 Å². The Kier molecular flexibility index (Phi) is 3.88. The minimum atomic E-state index is -0.764. The largest absolute Gasteiger partial charge is 0.314 e. The second kappa shape index (κ2) is 5.41. The summed E-state index contributed by atoms with van der Waals surface area (Å²) in [6.07, 6.45) is 0. The van der Waals surface area contributed by atoms with Gasteiger partial charge in [0.1, 0.15) is 0 Å². The molecule has 0 spiro atoms. The van der Waals surface area contributed by atoms with Gasteiger partial charge in [0.05, 0.1) is 4.92 Å². The molecule has 0 aliphatic carbocycles. The molecular formula is C12H16FN3O2. The number of benzene rings is 1. The number of nitro benzene ring substituents is 1. The van der Waals surface area contributed by atoms with Gasteiger partial charge in [0.2, 0.25) is 5.82 Å². The molecule has 0 amide bonds. The van der Waals surface area contributed by atoms with Crippen LogP contribution >= 0.6 is 0 Å². The minimum Gasteiger partial charge on any atom is -0.314 e. The van der Waals surface area contributed by atoms with Gasteiger partial charge >= 0.3 is 5.69 Å². The van der Waals surface area contributed by atoms with Crippen LogP contribution in [0.2, 0.25) is 0 Å². The smallest absolute Gasteiger partial charge is 0.304 e. The Morgan fingerprint density at radius 3 is 3.00 bits per heavy atom. The van der Waals surface area contributed by atoms with E-state index in [1.165, 1.54) is 12.1 Å². The van der Waals surface area contributed by atoms with Gasteiger partial charge in [0, 0.05) is 38.3 Å². The van der Waals surface area contributed by atoms with Crippen LogP contribution in [-0.2, 0) is 6.54 Å². The van der Waals surface area contributed by atoms with Gasteiger partial charge in [0.25, 0.3) is 0 Å². The molecule has 1 saturated heterocycles. The predicted octanol–water partition coefficient (Wildman–Crippen LogP) is 1.53. The number of rotatable bonds is 3. The summed E-state index contributed by atoms with van der Waals surface area (Å²) in [5.41, 5.74) is 0.305. The van der Waals surface area contributed by atoms with E-state index in [1.54, 1.807) is 6.07 Å². The number of nitrogens with one attached hydrogen (secondary N) is 1. The maximum atomic E-state index is 13.5. The molecule has 1 aromatic rings. The molecule has 0 bridgehead atoms. The topological polar surface area (TPSA) is 58.4 Å². The molecule has 0 saturated carbocycles. The van der Waals surface area contributed by atoms with Crippen LogP contribution in [0.1, 0.15) is 12.5 Å². The van der Waals surface area contributed by atoms with Gasteiger partial charge < -0.3 is 5.32 Å². The highest BCUT2D eigenvalue weighted by Crippen LogP contribution is 2.19. The third-order valence-corrected chi connectivity index (χ3v) is 3.23. The van der Waals surface area contributed by atoms with Crippen LogP contribution < -0.4 is 5.32 Å². The van der Waals surface area contributed by atoms with E-state index in [0.717, 1.165) is 25.2 Å². The highest BCUT2D eigenvalue weighted by atomic mass is 19.1. The number of hydrogen-bond acceptors (Lipinski definition) is 4. The Hall–Kier alpha value is -1.53. The first kappa shape index (κ1) is 12.9. The lowest BCUT2D eigenvalue weighted by Crippen LogP contribution is -2.49. The molecule has 1 aliphatic rings. The van der Waals surface area contributed by atoms with E-state index in [4.69, 9.17) is 0 Å². The molecule has 1 fully saturated rings. The highest BCUT2D eigenvalue weighted by molar-refractivity contribution is 5.35. The van der Waals surface area contributed by atoms with Gasteiger partial charge in [0.15, 0.2) is 0 Å². The number of nitro groups is 1. The third kappa shape index (κ3) is 2.83. The highest BCUT2D eigenvalue weighted by Gasteiger charge is 2.19. The summed E-state index contributed by atoms with van der Waals surface area (Å²) in [7, 11) is 0. The predicted molar refractivity (Wildman–Crippen MR) is 65.8 cm³/mol. The fourth-order valence-corrected chi connectivity index (χ4v) is 2.15. The molecule has 1 unspecified atom stereocenters. The SMILES string of the molecule is CC1CNCCN1Cc1ccc([N+](=O)[O-])c(F)c1. The number of hydrogen-bond donors (Lipinski definition) is 1. The van der Waals surface area contributed by atoms with E-state index in [0.29, 0.717) is 12.6 Å². The van der Waals surface area contributed by atoms with E-state index < -0.39 is 16.4 Å². The molecule has 1 heterocycles. The van der Waals surface area contributed by atoms with Crippen molar-refractivity contribution in [2.24, 2.45) is 0 Å². The number of nitrogens with zero attached hydrogens (tertiary/aromatic N) is 2. The van der Waals surface area contributed by atoms with E-state index in [2.05, 4.69) is 17.1 Å². The van der Waals surface area contributed by atoms with Gasteiger partial charge in [-0.3, -0.25) is 15.0 Å². The van der Waals surface area contributed by atoms with Gasteiger partial charge in [-0.1, -0.05) is 6.07 Å². The second-order valence-electron chi connectivity index (χ2n) is 4.57. The normalized spacial score (nSPS) is 20.9. The molecule has 0 aromatic heterocycles. The third-order valence-electron chi connectivity index (χ3n) is 3.23. The molecule has 1 aliphatic heterocycles. The van der Waals surface area contributed by atoms with Crippen LogP contribution in [0, 0.1) is 15.9 Å². The number of piperazine rings is 1. The van der Waals surface area contributed by atoms with Crippen molar-refractivity contribution in [3.05, 3.63) is 39.7 Å². The van der Waals surface area contributed by atoms with Crippen molar-refractivity contribution in [1.29, 1.82) is 0 Å². The summed E-state index contributed by atoms with van der Waals surface area (Å²) in [6, 6.07) is 4.50. The maximum absolute atomic E-state index is 13.5. The zero-order chi connectivity index (χ0) is 13.1. The molecule has 2 rings (SSSR count). The van der Waals surface area contributed by atoms with Crippen LogP contribution in [0.3, 0.4) is 0 Å². The Bertz CT molecular complexity index is 453. The fraction of sp³-hybridized carbons (Fsp3) is 0.500. The molecule has 6 heteroatoms. The lowest BCUT2D eigenvalue weighted by atomic mass is 10.1. The summed E-state index contributed by atoms with van der Waals surface area (Å²) in [5, 5.41) is 13.8. The van der Waals surface area contributed by atoms with Crippen LogP contribution in [0.5, 0.6) is 0 Å². The monoisotopic (exact) mass is 253 g/mol. The molecule has 5 nitrogen and oxygen atoms in total. The second-order valence-corrected chi connectivity index (χ2v) is 4.57. The van der Waals surface area contributed by atoms with Gasteiger partial charge in [-0.05, 0) is 18.6 Å². The van der Waals surface area contributed by atoms with Crippen LogP contribution in [0.15, 0.2) is 18.2 Å². The standard InChI is InChI=1S/C12H16FN3O2/c1-9-7-14-4-5-15(9)8-10-2-3-12(16(17)18)11(13)6-10/h2-3,6,9,14H,4-5,7-8H2,1H3. The first-order valence-electron chi connectivity index (χ1n) is 5.95. The zero-order valence-electron chi connectivity index (χ0n) is 10.2. The molecule has 1 aromatic carbocycles. The number of halogens is 1. The van der Waals surface area contributed by atoms with Gasteiger partial charge in [-0.25, -0.2) is 0 Å². The fourth-order valence-electron chi connectivity index (χ4n) is 2.15. The molecule has 0 radical (unpaired) electrons. The Labute approximate surface area is 105 Å². The summed E-state index contributed by atoms with van der Waals surface area (Å²) in [6.45, 7) is 5.46. The van der Waals surface area contributed by atoms with E-state index >= 15 is 0 Å². The van der Waals surface area contributed by atoms with Crippen molar-refractivity contribution in [3.8, 4) is 0 Å². The average Bonchev–Trinajstić information content (AvgIpc) is 2.32. The lowest BCUT2D eigenvalue weighted by Gasteiger charge is -2.33. The van der Waals surface area contributed by atoms with Gasteiger partial charge in [-0.15, -0.1) is 0 Å². The quantitative estimate of drug-likeness (QED) is 0.655. The molecule has 1 atom stereocenters. The Balaban J connectivity index is 2.10. The van der Waals surface area contributed by atoms with E-state index in [1.807, 2.05) is 0 Å². The first-order valence-corrected chi connectivity index (χ1v) is 5.95. The van der Waals surface area contributed by atoms with Crippen molar-refractivity contribution in [3.63, 3.8) is 0 Å². The van der Waals surface area contributed by atoms with E-state index in [-0.39, 0.29) is 0 Å². The molecule has 1 N–H and O–H groups in total. The molecule has 18 heavy (non-hydrogen) atoms. The van der Waals surface area contributed by atoms with Gasteiger partial charge in [-0.2, -0.15) is 4.39 Å². The lowest BCUT2D eigenvalue weighted by molar-refractivity contribution is -0.387. The van der Waals surface area contributed by atoms with Crippen LogP contribution in [-0.4, -0.2) is 35.5 Å². The Morgan fingerprint density at radius 2 is 2.39 bits per heavy atom. The van der Waals surface area contributed by atoms with Crippen LogP contribution in [0.25, 0.3) is 0 Å². The molecule has 98 valence electrons. The van der Waals surface area contributed by atoms with Crippen molar-refractivity contribution in [2.45, 2.75) is 19.5 Å². The first-order chi connectivity index (χ1) is 8.58. The maximum Gasteiger partial charge on any atom is 0.304 e. The van der Waals surface area contributed by atoms with Crippen molar-refractivity contribution in [2.75, 3.05) is 19.6 Å². The zero-order valence-corrected chi connectivity index (χ0v) is 10.2. The van der Waals surface area contributed by atoms with Crippen molar-refractivity contribution in [1.82, 2.24) is 10.2 Å². The summed E-state index contributed by atoms with van der Waals surface area (Å²) >= 11 is 0. The average molecular weight is 253 g/mol. The van der Waals surface area contributed by atoms with Crippen molar-refractivity contribution < 1.29 is 9.31 Å². The van der Waals surface area contributed by atoms with Crippen molar-refractivity contribution >= 4 is 5.69 Å². The summed E-state index contributed by atoms with van der Waals surface area (Å²) < 4.78 is 13.5.